The summed E-state index contributed by atoms with van der Waals surface area (Å²) in [6.45, 7) is 51.8. The lowest BCUT2D eigenvalue weighted by molar-refractivity contribution is -0.243. The number of nitrogens with one attached hydrogen (secondary N) is 9. The minimum Gasteiger partial charge on any atom is -0.353 e. The molecule has 3 aromatic rings. The molecule has 100 heavy (non-hydrogen) atoms. The maximum absolute atomic E-state index is 11.2. The van der Waals surface area contributed by atoms with Gasteiger partial charge >= 0.3 is 0 Å². The Labute approximate surface area is 595 Å². The van der Waals surface area contributed by atoms with Crippen molar-refractivity contribution in [3.8, 4) is 0 Å². The minimum absolute atomic E-state index is 0.0659. The van der Waals surface area contributed by atoms with Crippen molar-refractivity contribution < 1.29 is 31.2 Å². The summed E-state index contributed by atoms with van der Waals surface area (Å²) in [5.74, 6) is 3.56. The molecule has 15 N–H and O–H groups in total. The summed E-state index contributed by atoms with van der Waals surface area (Å²) >= 11 is 0. The zero-order valence-corrected chi connectivity index (χ0v) is 65.0. The molecule has 31 heteroatoms. The van der Waals surface area contributed by atoms with Gasteiger partial charge < -0.3 is 79.1 Å². The van der Waals surface area contributed by atoms with Crippen LogP contribution in [-0.2, 0) is 0 Å². The van der Waals surface area contributed by atoms with E-state index in [0.29, 0.717) is 170 Å². The summed E-state index contributed by atoms with van der Waals surface area (Å²) in [6, 6.07) is -0.396. The Hall–Kier alpha value is -5.29. The Bertz CT molecular complexity index is 2660. The number of rotatable bonds is 24. The van der Waals surface area contributed by atoms with Gasteiger partial charge in [0.05, 0.1) is 0 Å². The summed E-state index contributed by atoms with van der Waals surface area (Å²) < 4.78 is 0. The van der Waals surface area contributed by atoms with Gasteiger partial charge in [-0.15, -0.1) is 0 Å². The quantitative estimate of drug-likeness (QED) is 0.0396. The molecule has 0 aromatic carbocycles. The third-order valence-electron chi connectivity index (χ3n) is 21.9. The third kappa shape index (κ3) is 18.6. The summed E-state index contributed by atoms with van der Waals surface area (Å²) in [7, 11) is 0. The van der Waals surface area contributed by atoms with Gasteiger partial charge in [-0.2, -0.15) is 75.2 Å². The van der Waals surface area contributed by atoms with E-state index in [1.54, 1.807) is 0 Å². The summed E-state index contributed by atoms with van der Waals surface area (Å²) in [6.07, 6.45) is 7.69. The summed E-state index contributed by atoms with van der Waals surface area (Å²) in [5.41, 5.74) is -6.29. The van der Waals surface area contributed by atoms with Crippen LogP contribution in [0.5, 0.6) is 0 Å². The Kier molecular flexibility index (Phi) is 22.3. The Morgan fingerprint density at radius 3 is 0.490 bits per heavy atom. The molecule has 0 saturated carbocycles. The molecule has 6 aliphatic rings. The average Bonchev–Trinajstić information content (AvgIpc) is 0.802. The van der Waals surface area contributed by atoms with Crippen LogP contribution in [0.3, 0.4) is 0 Å². The molecule has 9 rings (SSSR count). The summed E-state index contributed by atoms with van der Waals surface area (Å²) in [4.78, 5) is 47.3. The van der Waals surface area contributed by atoms with E-state index in [9.17, 15) is 31.2 Å². The maximum Gasteiger partial charge on any atom is 0.229 e. The molecule has 0 atom stereocenters. The number of piperidine rings is 6. The fraction of sp³-hybridized carbons (Fsp3) is 0.870. The van der Waals surface area contributed by atoms with Crippen LogP contribution >= 0.6 is 0 Å². The Morgan fingerprint density at radius 2 is 0.360 bits per heavy atom. The van der Waals surface area contributed by atoms with E-state index in [0.717, 1.165) is 0 Å². The average molecular weight is 1400 g/mol. The molecule has 6 aliphatic heterocycles. The minimum atomic E-state index is -0.524. The number of hydroxylamine groups is 12. The van der Waals surface area contributed by atoms with E-state index in [1.165, 1.54) is 30.4 Å². The van der Waals surface area contributed by atoms with Gasteiger partial charge in [-0.1, -0.05) is 0 Å². The smallest absolute Gasteiger partial charge is 0.229 e. The molecule has 0 radical (unpaired) electrons. The first-order chi connectivity index (χ1) is 45.8. The van der Waals surface area contributed by atoms with Crippen molar-refractivity contribution in [3.05, 3.63) is 0 Å². The highest BCUT2D eigenvalue weighted by molar-refractivity contribution is 5.47. The normalized spacial score (nSPS) is 25.8. The van der Waals surface area contributed by atoms with Crippen molar-refractivity contribution in [1.82, 2.24) is 80.1 Å². The van der Waals surface area contributed by atoms with Crippen LogP contribution in [0, 0.1) is 0 Å². The fourth-order valence-electron chi connectivity index (χ4n) is 18.4. The molecular weight excluding hydrogens is 1270 g/mol. The lowest BCUT2D eigenvalue weighted by Crippen LogP contribution is -2.61. The Balaban J connectivity index is 1.00. The molecule has 6 saturated heterocycles. The van der Waals surface area contributed by atoms with E-state index >= 15 is 0 Å². The molecule has 31 nitrogen and oxygen atoms in total. The van der Waals surface area contributed by atoms with Crippen molar-refractivity contribution >= 4 is 53.5 Å². The first-order valence-electron chi connectivity index (χ1n) is 36.5. The van der Waals surface area contributed by atoms with Gasteiger partial charge in [-0.3, -0.25) is 4.90 Å². The molecule has 566 valence electrons. The van der Waals surface area contributed by atoms with Gasteiger partial charge in [0.2, 0.25) is 53.5 Å². The number of hydrogen-bond donors (Lipinski definition) is 15. The first-order valence-corrected chi connectivity index (χ1v) is 36.5. The maximum atomic E-state index is 11.2. The standard InChI is InChI=1S/C69H129N25O6/c1-58(2)31-43(32-59(3,4)89(58)95)73-52-79-49(80-53(85-52)74-44-33-60(5,6)90(96)61(7,8)34-44)70-25-28-88(29-26-71-50-81-54(75-45-35-62(9,10)91(97)63(11,12)36-45)86-55(82-50)76-46-37-64(13,14)92(98)65(15,16)38-46)30-27-72-51-83-56(77-47-39-66(17,18)93(99)67(19,20)40-47)87-57(84-51)78-48-41-68(21,22)94(100)69(23,24)42-48/h43-48,95-100H,25-42H2,1-24H3,(H3,70,73,74,79,80,85)(H3,71,75,76,81,82,86)(H3,72,77,78,83,84,87). The first kappa shape index (κ1) is 78.8. The van der Waals surface area contributed by atoms with Gasteiger partial charge in [0.1, 0.15) is 0 Å². The van der Waals surface area contributed by atoms with Crippen molar-refractivity contribution in [2.75, 3.05) is 87.1 Å². The van der Waals surface area contributed by atoms with Crippen LogP contribution in [0.25, 0.3) is 0 Å². The summed E-state index contributed by atoms with van der Waals surface area (Å²) in [5, 5.41) is 109. The molecule has 6 fully saturated rings. The van der Waals surface area contributed by atoms with E-state index in [4.69, 9.17) is 44.9 Å². The number of hydrogen-bond acceptors (Lipinski definition) is 31. The zero-order valence-electron chi connectivity index (χ0n) is 65.0. The number of aromatic nitrogens is 9. The van der Waals surface area contributed by atoms with Gasteiger partial charge in [-0.25, -0.2) is 0 Å². The van der Waals surface area contributed by atoms with Crippen LogP contribution in [-0.4, -0.2) is 253 Å². The zero-order chi connectivity index (χ0) is 74.2. The van der Waals surface area contributed by atoms with Crippen molar-refractivity contribution in [1.29, 1.82) is 0 Å². The van der Waals surface area contributed by atoms with Crippen LogP contribution in [0.4, 0.5) is 53.5 Å². The molecule has 0 spiro atoms. The predicted molar refractivity (Wildman–Crippen MR) is 392 cm³/mol. The van der Waals surface area contributed by atoms with Gasteiger partial charge in [0.15, 0.2) is 0 Å². The van der Waals surface area contributed by atoms with Gasteiger partial charge in [0, 0.05) is 142 Å². The highest BCUT2D eigenvalue weighted by Gasteiger charge is 2.51. The topological polar surface area (TPSA) is 368 Å². The van der Waals surface area contributed by atoms with E-state index in [1.807, 2.05) is 166 Å². The Morgan fingerprint density at radius 1 is 0.240 bits per heavy atom. The lowest BCUT2D eigenvalue weighted by atomic mass is 9.79. The second kappa shape index (κ2) is 28.3. The predicted octanol–water partition coefficient (Wildman–Crippen LogP) is 10.1. The molecule has 0 unspecified atom stereocenters. The molecule has 9 heterocycles. The van der Waals surface area contributed by atoms with E-state index in [2.05, 4.69) is 52.8 Å². The van der Waals surface area contributed by atoms with Crippen molar-refractivity contribution in [2.24, 2.45) is 0 Å². The molecular formula is C69H129N25O6. The van der Waals surface area contributed by atoms with Gasteiger partial charge in [0.25, 0.3) is 0 Å². The van der Waals surface area contributed by atoms with Crippen molar-refractivity contribution in [3.63, 3.8) is 0 Å². The van der Waals surface area contributed by atoms with Crippen LogP contribution < -0.4 is 47.9 Å². The second-order valence-electron chi connectivity index (χ2n) is 37.7. The highest BCUT2D eigenvalue weighted by atomic mass is 16.5. The fourth-order valence-corrected chi connectivity index (χ4v) is 18.4. The lowest BCUT2D eigenvalue weighted by Gasteiger charge is -2.51. The molecule has 0 amide bonds. The van der Waals surface area contributed by atoms with E-state index < -0.39 is 66.5 Å². The monoisotopic (exact) mass is 1400 g/mol. The van der Waals surface area contributed by atoms with Crippen LogP contribution in [0.2, 0.25) is 0 Å². The van der Waals surface area contributed by atoms with Crippen LogP contribution in [0.15, 0.2) is 0 Å². The number of nitrogens with zero attached hydrogens (tertiary/aromatic N) is 16. The van der Waals surface area contributed by atoms with E-state index in [-0.39, 0.29) is 36.3 Å². The molecule has 3 aromatic heterocycles. The molecule has 0 bridgehead atoms. The number of anilines is 9. The third-order valence-corrected chi connectivity index (χ3v) is 21.9. The van der Waals surface area contributed by atoms with Gasteiger partial charge in [-0.05, 0) is 243 Å². The second-order valence-corrected chi connectivity index (χ2v) is 37.7. The molecule has 0 aliphatic carbocycles. The van der Waals surface area contributed by atoms with Crippen molar-refractivity contribution in [2.45, 2.75) is 346 Å². The van der Waals surface area contributed by atoms with Crippen LogP contribution in [0.1, 0.15) is 243 Å². The SMILES string of the molecule is CC1(C)CC(Nc2nc(NCCN(CCNc3nc(NC4CC(C)(C)N(O)C(C)(C)C4)nc(NC4CC(C)(C)N(O)C(C)(C)C4)n3)CCNc3nc(NC4CC(C)(C)N(O)C(C)(C)C4)nc(NC4CC(C)(C)N(O)C(C)(C)C4)n3)nc(NC3CC(C)(C)N(O)C(C)(C)C3)n2)CC(C)(C)N1O. The highest BCUT2D eigenvalue weighted by Crippen LogP contribution is 2.44. The largest absolute Gasteiger partial charge is 0.353 e.